The van der Waals surface area contributed by atoms with E-state index in [0.29, 0.717) is 28.6 Å². The van der Waals surface area contributed by atoms with Crippen molar-refractivity contribution in [3.63, 3.8) is 0 Å². The molecule has 0 saturated heterocycles. The molecule has 0 bridgehead atoms. The van der Waals surface area contributed by atoms with Crippen molar-refractivity contribution in [2.75, 3.05) is 12.3 Å². The van der Waals surface area contributed by atoms with Crippen molar-refractivity contribution in [2.24, 2.45) is 0 Å². The first-order valence-electron chi connectivity index (χ1n) is 8.84. The van der Waals surface area contributed by atoms with Gasteiger partial charge in [0.2, 0.25) is 5.91 Å². The molecule has 0 heterocycles. The first-order valence-corrected chi connectivity index (χ1v) is 10.4. The Morgan fingerprint density at radius 2 is 1.89 bits per heavy atom. The van der Waals surface area contributed by atoms with Crippen LogP contribution in [0, 0.1) is 5.82 Å². The van der Waals surface area contributed by atoms with Gasteiger partial charge in [-0.1, -0.05) is 62.7 Å². The molecule has 2 aromatic rings. The third-order valence-electron chi connectivity index (χ3n) is 4.06. The number of carbonyl (C=O) groups excluding carboxylic acids is 1. The fourth-order valence-corrected chi connectivity index (χ4v) is 3.61. The summed E-state index contributed by atoms with van der Waals surface area (Å²) in [6, 6.07) is 12.9. The third-order valence-corrected chi connectivity index (χ3v) is 5.40. The molecule has 2 rings (SSSR count). The van der Waals surface area contributed by atoms with E-state index in [4.69, 9.17) is 11.6 Å². The zero-order valence-electron chi connectivity index (χ0n) is 15.9. The maximum Gasteiger partial charge on any atom is 0.244 e. The highest BCUT2D eigenvalue weighted by atomic mass is 35.5. The van der Waals surface area contributed by atoms with Crippen molar-refractivity contribution < 1.29 is 9.18 Å². The molecule has 27 heavy (non-hydrogen) atoms. The second kappa shape index (κ2) is 9.95. The second-order valence-electron chi connectivity index (χ2n) is 7.25. The molecular weight excluding hydrogens is 381 g/mol. The Balaban J connectivity index is 1.72. The third kappa shape index (κ3) is 7.04. The first-order chi connectivity index (χ1) is 12.8. The minimum atomic E-state index is -0.292. The average Bonchev–Trinajstić information content (AvgIpc) is 2.61. The first kappa shape index (κ1) is 21.5. The van der Waals surface area contributed by atoms with Crippen molar-refractivity contribution in [3.05, 3.63) is 76.1 Å². The molecule has 1 amide bonds. The number of rotatable bonds is 7. The molecule has 0 fully saturated rings. The van der Waals surface area contributed by atoms with Crippen LogP contribution < -0.4 is 5.32 Å². The lowest BCUT2D eigenvalue weighted by Gasteiger charge is -2.18. The summed E-state index contributed by atoms with van der Waals surface area (Å²) in [4.78, 5) is 11.9. The lowest BCUT2D eigenvalue weighted by molar-refractivity contribution is -0.116. The topological polar surface area (TPSA) is 29.1 Å². The lowest BCUT2D eigenvalue weighted by Crippen LogP contribution is -2.23. The Hall–Kier alpha value is -1.78. The van der Waals surface area contributed by atoms with Crippen LogP contribution >= 0.6 is 23.4 Å². The molecule has 0 aromatic heterocycles. The van der Waals surface area contributed by atoms with Gasteiger partial charge in [-0.25, -0.2) is 4.39 Å². The molecule has 0 aliphatic rings. The molecule has 5 heteroatoms. The maximum absolute atomic E-state index is 13.7. The van der Waals surface area contributed by atoms with E-state index in [1.54, 1.807) is 18.2 Å². The van der Waals surface area contributed by atoms with Crippen LogP contribution in [0.15, 0.2) is 48.5 Å². The number of benzene rings is 2. The van der Waals surface area contributed by atoms with E-state index < -0.39 is 0 Å². The number of nitrogens with one attached hydrogen (secondary N) is 1. The monoisotopic (exact) mass is 405 g/mol. The predicted molar refractivity (Wildman–Crippen MR) is 115 cm³/mol. The largest absolute Gasteiger partial charge is 0.352 e. The van der Waals surface area contributed by atoms with E-state index in [1.165, 1.54) is 29.5 Å². The summed E-state index contributed by atoms with van der Waals surface area (Å²) in [6.45, 7) is 7.03. The van der Waals surface area contributed by atoms with Gasteiger partial charge in [-0.05, 0) is 34.8 Å². The Labute approximate surface area is 170 Å². The molecule has 0 aliphatic heterocycles. The van der Waals surface area contributed by atoms with E-state index in [0.717, 1.165) is 5.56 Å². The fraction of sp³-hybridized carbons (Fsp3) is 0.318. The van der Waals surface area contributed by atoms with Gasteiger partial charge in [0.05, 0.1) is 0 Å². The summed E-state index contributed by atoms with van der Waals surface area (Å²) in [7, 11) is 0. The Bertz CT molecular complexity index is 777. The molecular formula is C22H25ClFNOS. The van der Waals surface area contributed by atoms with E-state index in [2.05, 4.69) is 38.2 Å². The van der Waals surface area contributed by atoms with E-state index in [1.807, 2.05) is 12.1 Å². The fourth-order valence-electron chi connectivity index (χ4n) is 2.42. The molecule has 144 valence electrons. The Morgan fingerprint density at radius 1 is 1.19 bits per heavy atom. The van der Waals surface area contributed by atoms with Crippen LogP contribution in [0.5, 0.6) is 0 Å². The summed E-state index contributed by atoms with van der Waals surface area (Å²) in [6.07, 6.45) is 3.33. The van der Waals surface area contributed by atoms with E-state index in [-0.39, 0.29) is 17.1 Å². The van der Waals surface area contributed by atoms with Gasteiger partial charge in [0, 0.05) is 34.7 Å². The van der Waals surface area contributed by atoms with Crippen LogP contribution in [0.3, 0.4) is 0 Å². The average molecular weight is 406 g/mol. The highest BCUT2D eigenvalue weighted by Crippen LogP contribution is 2.24. The minimum Gasteiger partial charge on any atom is -0.352 e. The van der Waals surface area contributed by atoms with Crippen molar-refractivity contribution in [2.45, 2.75) is 31.9 Å². The van der Waals surface area contributed by atoms with Crippen LogP contribution in [0.1, 0.15) is 37.5 Å². The molecule has 2 aromatic carbocycles. The van der Waals surface area contributed by atoms with Gasteiger partial charge >= 0.3 is 0 Å². The highest BCUT2D eigenvalue weighted by Gasteiger charge is 2.12. The highest BCUT2D eigenvalue weighted by molar-refractivity contribution is 7.98. The van der Waals surface area contributed by atoms with Gasteiger partial charge in [0.1, 0.15) is 5.82 Å². The smallest absolute Gasteiger partial charge is 0.244 e. The van der Waals surface area contributed by atoms with Crippen LogP contribution in [-0.4, -0.2) is 18.2 Å². The van der Waals surface area contributed by atoms with Gasteiger partial charge in [-0.3, -0.25) is 4.79 Å². The minimum absolute atomic E-state index is 0.115. The Kier molecular flexibility index (Phi) is 7.93. The van der Waals surface area contributed by atoms with Crippen molar-refractivity contribution in [1.82, 2.24) is 5.32 Å². The molecule has 1 N–H and O–H groups in total. The summed E-state index contributed by atoms with van der Waals surface area (Å²) in [5.41, 5.74) is 2.87. The van der Waals surface area contributed by atoms with Gasteiger partial charge in [0.15, 0.2) is 0 Å². The van der Waals surface area contributed by atoms with Crippen molar-refractivity contribution in [3.8, 4) is 0 Å². The van der Waals surface area contributed by atoms with E-state index in [9.17, 15) is 9.18 Å². The van der Waals surface area contributed by atoms with Gasteiger partial charge < -0.3 is 5.32 Å². The van der Waals surface area contributed by atoms with Crippen molar-refractivity contribution in [1.29, 1.82) is 0 Å². The van der Waals surface area contributed by atoms with Gasteiger partial charge in [-0.2, -0.15) is 11.8 Å². The zero-order valence-corrected chi connectivity index (χ0v) is 17.5. The number of amides is 1. The molecule has 0 aliphatic carbocycles. The quantitative estimate of drug-likeness (QED) is 0.463. The van der Waals surface area contributed by atoms with Crippen LogP contribution in [0.2, 0.25) is 5.02 Å². The lowest BCUT2D eigenvalue weighted by atomic mass is 9.87. The molecule has 0 spiro atoms. The molecule has 0 unspecified atom stereocenters. The Morgan fingerprint density at radius 3 is 2.52 bits per heavy atom. The summed E-state index contributed by atoms with van der Waals surface area (Å²) >= 11 is 7.53. The number of halogens is 2. The van der Waals surface area contributed by atoms with E-state index >= 15 is 0 Å². The van der Waals surface area contributed by atoms with Crippen molar-refractivity contribution >= 4 is 35.3 Å². The van der Waals surface area contributed by atoms with Crippen LogP contribution in [0.4, 0.5) is 4.39 Å². The number of hydrogen-bond acceptors (Lipinski definition) is 2. The zero-order chi connectivity index (χ0) is 19.9. The summed E-state index contributed by atoms with van der Waals surface area (Å²) < 4.78 is 13.7. The molecule has 0 radical (unpaired) electrons. The molecule has 0 saturated carbocycles. The molecule has 0 atom stereocenters. The standard InChI is InChI=1S/C22H25ClFNOS/c1-22(2,3)17-10-7-16(8-11-17)9-12-21(26)25-13-14-27-15-18-19(23)5-4-6-20(18)24/h4-12H,13-15H2,1-3H3,(H,25,26)/b12-9+. The SMILES string of the molecule is CC(C)(C)c1ccc(/C=C/C(=O)NCCSCc2c(F)cccc2Cl)cc1. The molecule has 2 nitrogen and oxygen atoms in total. The van der Waals surface area contributed by atoms with Crippen LogP contribution in [-0.2, 0) is 16.0 Å². The number of thioether (sulfide) groups is 1. The van der Waals surface area contributed by atoms with Gasteiger partial charge in [-0.15, -0.1) is 0 Å². The summed E-state index contributed by atoms with van der Waals surface area (Å²) in [5, 5.41) is 3.27. The number of hydrogen-bond donors (Lipinski definition) is 1. The maximum atomic E-state index is 13.7. The predicted octanol–water partition coefficient (Wildman–Crippen LogP) is 5.84. The van der Waals surface area contributed by atoms with Crippen LogP contribution in [0.25, 0.3) is 6.08 Å². The normalized spacial score (nSPS) is 11.7. The van der Waals surface area contributed by atoms with Gasteiger partial charge in [0.25, 0.3) is 0 Å². The summed E-state index contributed by atoms with van der Waals surface area (Å²) in [5.74, 6) is 0.737. The number of carbonyl (C=O) groups is 1. The second-order valence-corrected chi connectivity index (χ2v) is 8.76.